The number of nitrogens with zero attached hydrogens (tertiary/aromatic N) is 1. The van der Waals surface area contributed by atoms with E-state index in [4.69, 9.17) is 0 Å². The van der Waals surface area contributed by atoms with Crippen LogP contribution in [0.4, 0.5) is 0 Å². The summed E-state index contributed by atoms with van der Waals surface area (Å²) in [5.41, 5.74) is 0.853. The molecule has 1 heteroatoms. The number of likely N-dealkylation sites (tertiary alicyclic amines) is 1. The smallest absolute Gasteiger partial charge is 0.00385 e. The van der Waals surface area contributed by atoms with Crippen LogP contribution >= 0.6 is 0 Å². The van der Waals surface area contributed by atoms with E-state index >= 15 is 0 Å². The number of rotatable bonds is 1. The zero-order chi connectivity index (χ0) is 7.90. The topological polar surface area (TPSA) is 3.24 Å². The van der Waals surface area contributed by atoms with Crippen molar-refractivity contribution in [2.24, 2.45) is 5.41 Å². The highest BCUT2D eigenvalue weighted by atomic mass is 15.2. The van der Waals surface area contributed by atoms with E-state index in [1.165, 1.54) is 38.8 Å². The molecule has 72 valence electrons. The molecule has 0 atom stereocenters. The van der Waals surface area contributed by atoms with E-state index in [0.717, 1.165) is 11.5 Å². The maximum Gasteiger partial charge on any atom is 0.00385 e. The van der Waals surface area contributed by atoms with Gasteiger partial charge in [-0.25, -0.2) is 0 Å². The minimum Gasteiger partial charge on any atom is -0.301 e. The van der Waals surface area contributed by atoms with Crippen LogP contribution in [0.1, 0.15) is 47.0 Å². The van der Waals surface area contributed by atoms with Crippen molar-refractivity contribution < 1.29 is 0 Å². The molecule has 2 fully saturated rings. The molecule has 0 amide bonds. The molecular formula is C11H23N. The largest absolute Gasteiger partial charge is 0.301 e. The second-order valence-corrected chi connectivity index (χ2v) is 4.63. The molecule has 1 aliphatic carbocycles. The van der Waals surface area contributed by atoms with Gasteiger partial charge in [0.15, 0.2) is 0 Å². The fourth-order valence-corrected chi connectivity index (χ4v) is 2.19. The third kappa shape index (κ3) is 1.82. The first-order valence-corrected chi connectivity index (χ1v) is 4.96. The fraction of sp³-hybridized carbons (Fsp3) is 1.00. The number of hydrogen-bond acceptors (Lipinski definition) is 1. The van der Waals surface area contributed by atoms with Gasteiger partial charge in [-0.15, -0.1) is 0 Å². The average Bonchev–Trinajstić information content (AvgIpc) is 2.70. The van der Waals surface area contributed by atoms with Crippen molar-refractivity contribution in [2.45, 2.75) is 53.0 Å². The second kappa shape index (κ2) is 3.37. The van der Waals surface area contributed by atoms with Crippen LogP contribution in [0.3, 0.4) is 0 Å². The van der Waals surface area contributed by atoms with Crippen LogP contribution in [0.5, 0.6) is 0 Å². The quantitative estimate of drug-likeness (QED) is 0.583. The molecule has 0 aromatic rings. The third-order valence-corrected chi connectivity index (χ3v) is 3.55. The minimum absolute atomic E-state index is 0. The van der Waals surface area contributed by atoms with Gasteiger partial charge in [-0.1, -0.05) is 7.43 Å². The SMILES string of the molecule is C.CC(C)N1CCC2(CC1)CC2. The van der Waals surface area contributed by atoms with Crippen molar-refractivity contribution in [3.63, 3.8) is 0 Å². The Kier molecular flexibility index (Phi) is 2.82. The van der Waals surface area contributed by atoms with Crippen molar-refractivity contribution in [1.82, 2.24) is 4.90 Å². The second-order valence-electron chi connectivity index (χ2n) is 4.63. The molecule has 0 unspecified atom stereocenters. The molecule has 1 saturated carbocycles. The molecule has 2 aliphatic rings. The summed E-state index contributed by atoms with van der Waals surface area (Å²) in [6.07, 6.45) is 6.01. The Hall–Kier alpha value is -0.0400. The summed E-state index contributed by atoms with van der Waals surface area (Å²) < 4.78 is 0. The molecule has 1 aliphatic heterocycles. The molecule has 0 aromatic heterocycles. The first kappa shape index (κ1) is 10.0. The summed E-state index contributed by atoms with van der Waals surface area (Å²) in [6.45, 7) is 7.34. The van der Waals surface area contributed by atoms with Crippen LogP contribution in [-0.4, -0.2) is 24.0 Å². The highest BCUT2D eigenvalue weighted by molar-refractivity contribution is 4.97. The molecule has 1 saturated heterocycles. The highest BCUT2D eigenvalue weighted by Gasteiger charge is 2.44. The summed E-state index contributed by atoms with van der Waals surface area (Å²) in [4.78, 5) is 2.61. The van der Waals surface area contributed by atoms with Gasteiger partial charge in [0.25, 0.3) is 0 Å². The van der Waals surface area contributed by atoms with Gasteiger partial charge >= 0.3 is 0 Å². The van der Waals surface area contributed by atoms with Crippen molar-refractivity contribution >= 4 is 0 Å². The number of piperidine rings is 1. The van der Waals surface area contributed by atoms with E-state index in [-0.39, 0.29) is 7.43 Å². The molecule has 2 rings (SSSR count). The molecule has 12 heavy (non-hydrogen) atoms. The molecular weight excluding hydrogens is 146 g/mol. The summed E-state index contributed by atoms with van der Waals surface area (Å²) in [6, 6.07) is 0.770. The summed E-state index contributed by atoms with van der Waals surface area (Å²) >= 11 is 0. The van der Waals surface area contributed by atoms with Gasteiger partial charge in [-0.3, -0.25) is 0 Å². The standard InChI is InChI=1S/C10H19N.CH4/c1-9(2)11-7-5-10(3-4-10)6-8-11;/h9H,3-8H2,1-2H3;1H4. The highest BCUT2D eigenvalue weighted by Crippen LogP contribution is 2.53. The number of hydrogen-bond donors (Lipinski definition) is 0. The first-order chi connectivity index (χ1) is 5.22. The van der Waals surface area contributed by atoms with E-state index < -0.39 is 0 Å². The van der Waals surface area contributed by atoms with Gasteiger partial charge in [-0.2, -0.15) is 0 Å². The van der Waals surface area contributed by atoms with Crippen LogP contribution in [0.2, 0.25) is 0 Å². The van der Waals surface area contributed by atoms with E-state index in [2.05, 4.69) is 18.7 Å². The van der Waals surface area contributed by atoms with Crippen LogP contribution in [0.25, 0.3) is 0 Å². The molecule has 0 aromatic carbocycles. The molecule has 0 bridgehead atoms. The van der Waals surface area contributed by atoms with Crippen molar-refractivity contribution in [2.75, 3.05) is 13.1 Å². The Morgan fingerprint density at radius 1 is 1.00 bits per heavy atom. The van der Waals surface area contributed by atoms with Crippen molar-refractivity contribution in [3.8, 4) is 0 Å². The van der Waals surface area contributed by atoms with E-state index in [1.54, 1.807) is 0 Å². The maximum absolute atomic E-state index is 2.61. The zero-order valence-corrected chi connectivity index (χ0v) is 7.77. The fourth-order valence-electron chi connectivity index (χ4n) is 2.19. The Morgan fingerprint density at radius 3 is 1.83 bits per heavy atom. The van der Waals surface area contributed by atoms with Gasteiger partial charge < -0.3 is 4.90 Å². The minimum atomic E-state index is 0. The molecule has 0 N–H and O–H groups in total. The van der Waals surface area contributed by atoms with Gasteiger partial charge in [0.1, 0.15) is 0 Å². The summed E-state index contributed by atoms with van der Waals surface area (Å²) in [5, 5.41) is 0. The Bertz CT molecular complexity index is 137. The molecule has 1 nitrogen and oxygen atoms in total. The van der Waals surface area contributed by atoms with Gasteiger partial charge in [0, 0.05) is 6.04 Å². The average molecular weight is 169 g/mol. The Labute approximate surface area is 77.1 Å². The van der Waals surface area contributed by atoms with E-state index in [0.29, 0.717) is 0 Å². The van der Waals surface area contributed by atoms with Crippen LogP contribution in [-0.2, 0) is 0 Å². The molecule has 1 heterocycles. The Balaban J connectivity index is 0.000000720. The lowest BCUT2D eigenvalue weighted by Crippen LogP contribution is -2.38. The van der Waals surface area contributed by atoms with E-state index in [1.807, 2.05) is 0 Å². The van der Waals surface area contributed by atoms with E-state index in [9.17, 15) is 0 Å². The van der Waals surface area contributed by atoms with Gasteiger partial charge in [-0.05, 0) is 58.0 Å². The summed E-state index contributed by atoms with van der Waals surface area (Å²) in [5.74, 6) is 0. The van der Waals surface area contributed by atoms with Crippen LogP contribution < -0.4 is 0 Å². The predicted molar refractivity (Wildman–Crippen MR) is 54.3 cm³/mol. The lowest BCUT2D eigenvalue weighted by Gasteiger charge is -2.34. The predicted octanol–water partition coefficient (Wildman–Crippen LogP) is 2.91. The molecule has 0 radical (unpaired) electrons. The lowest BCUT2D eigenvalue weighted by molar-refractivity contribution is 0.140. The van der Waals surface area contributed by atoms with Crippen LogP contribution in [0, 0.1) is 5.41 Å². The Morgan fingerprint density at radius 2 is 1.50 bits per heavy atom. The summed E-state index contributed by atoms with van der Waals surface area (Å²) in [7, 11) is 0. The van der Waals surface area contributed by atoms with Crippen molar-refractivity contribution in [1.29, 1.82) is 0 Å². The van der Waals surface area contributed by atoms with Gasteiger partial charge in [0.05, 0.1) is 0 Å². The zero-order valence-electron chi connectivity index (χ0n) is 7.77. The van der Waals surface area contributed by atoms with Gasteiger partial charge in [0.2, 0.25) is 0 Å². The lowest BCUT2D eigenvalue weighted by atomic mass is 9.93. The third-order valence-electron chi connectivity index (χ3n) is 3.55. The normalized spacial score (nSPS) is 27.2. The van der Waals surface area contributed by atoms with Crippen LogP contribution in [0.15, 0.2) is 0 Å². The maximum atomic E-state index is 2.61. The van der Waals surface area contributed by atoms with Crippen molar-refractivity contribution in [3.05, 3.63) is 0 Å². The molecule has 1 spiro atoms. The monoisotopic (exact) mass is 169 g/mol. The first-order valence-electron chi connectivity index (χ1n) is 4.96.